The summed E-state index contributed by atoms with van der Waals surface area (Å²) in [5.41, 5.74) is 1.32. The van der Waals surface area contributed by atoms with Gasteiger partial charge in [-0.25, -0.2) is 0 Å². The van der Waals surface area contributed by atoms with Gasteiger partial charge in [-0.1, -0.05) is 5.57 Å². The van der Waals surface area contributed by atoms with Crippen molar-refractivity contribution in [3.63, 3.8) is 0 Å². The standard InChI is InChI=1S/C10H19N/c1-9(2)6-7-10-5-4-8-11(10)3/h10H,1,4-8H2,2-3H3. The molecule has 1 fully saturated rings. The molecule has 1 aliphatic heterocycles. The van der Waals surface area contributed by atoms with Crippen LogP contribution in [0.15, 0.2) is 12.2 Å². The van der Waals surface area contributed by atoms with Crippen LogP contribution in [0.1, 0.15) is 32.6 Å². The van der Waals surface area contributed by atoms with Crippen molar-refractivity contribution in [3.8, 4) is 0 Å². The van der Waals surface area contributed by atoms with Crippen LogP contribution in [-0.2, 0) is 0 Å². The monoisotopic (exact) mass is 153 g/mol. The van der Waals surface area contributed by atoms with Gasteiger partial charge in [0.1, 0.15) is 0 Å². The second kappa shape index (κ2) is 3.91. The van der Waals surface area contributed by atoms with E-state index in [0.717, 1.165) is 6.04 Å². The fourth-order valence-corrected chi connectivity index (χ4v) is 1.76. The fourth-order valence-electron chi connectivity index (χ4n) is 1.76. The Hall–Kier alpha value is -0.300. The van der Waals surface area contributed by atoms with Crippen molar-refractivity contribution < 1.29 is 0 Å². The van der Waals surface area contributed by atoms with Crippen LogP contribution >= 0.6 is 0 Å². The average Bonchev–Trinajstić information content (AvgIpc) is 2.31. The minimum atomic E-state index is 0.840. The zero-order chi connectivity index (χ0) is 8.27. The van der Waals surface area contributed by atoms with E-state index in [1.54, 1.807) is 0 Å². The van der Waals surface area contributed by atoms with E-state index in [0.29, 0.717) is 0 Å². The van der Waals surface area contributed by atoms with Crippen molar-refractivity contribution in [1.82, 2.24) is 4.90 Å². The number of nitrogens with zero attached hydrogens (tertiary/aromatic N) is 1. The molecule has 1 atom stereocenters. The van der Waals surface area contributed by atoms with Gasteiger partial charge in [0.05, 0.1) is 0 Å². The quantitative estimate of drug-likeness (QED) is 0.563. The van der Waals surface area contributed by atoms with Crippen LogP contribution in [0.2, 0.25) is 0 Å². The van der Waals surface area contributed by atoms with Gasteiger partial charge in [-0.3, -0.25) is 0 Å². The molecule has 1 heteroatoms. The van der Waals surface area contributed by atoms with Crippen LogP contribution in [0, 0.1) is 0 Å². The first kappa shape index (κ1) is 8.79. The second-order valence-corrected chi connectivity index (χ2v) is 3.77. The molecule has 1 aliphatic rings. The molecule has 1 unspecified atom stereocenters. The van der Waals surface area contributed by atoms with E-state index in [1.807, 2.05) is 0 Å². The normalized spacial score (nSPS) is 25.8. The second-order valence-electron chi connectivity index (χ2n) is 3.77. The van der Waals surface area contributed by atoms with Gasteiger partial charge in [0.15, 0.2) is 0 Å². The van der Waals surface area contributed by atoms with Crippen LogP contribution in [0.25, 0.3) is 0 Å². The summed E-state index contributed by atoms with van der Waals surface area (Å²) in [4.78, 5) is 2.48. The Morgan fingerprint density at radius 2 is 2.36 bits per heavy atom. The highest BCUT2D eigenvalue weighted by molar-refractivity contribution is 4.90. The molecule has 0 bridgehead atoms. The van der Waals surface area contributed by atoms with Gasteiger partial charge < -0.3 is 4.90 Å². The lowest BCUT2D eigenvalue weighted by Gasteiger charge is -2.18. The van der Waals surface area contributed by atoms with E-state index in [4.69, 9.17) is 0 Å². The maximum Gasteiger partial charge on any atom is 0.00957 e. The summed E-state index contributed by atoms with van der Waals surface area (Å²) >= 11 is 0. The Bertz CT molecular complexity index is 140. The molecule has 0 N–H and O–H groups in total. The molecule has 64 valence electrons. The van der Waals surface area contributed by atoms with E-state index < -0.39 is 0 Å². The molecule has 0 aliphatic carbocycles. The molecule has 0 aromatic heterocycles. The van der Waals surface area contributed by atoms with Crippen molar-refractivity contribution >= 4 is 0 Å². The summed E-state index contributed by atoms with van der Waals surface area (Å²) in [5, 5.41) is 0. The van der Waals surface area contributed by atoms with E-state index in [1.165, 1.54) is 37.8 Å². The first-order chi connectivity index (χ1) is 5.20. The minimum absolute atomic E-state index is 0.840. The predicted molar refractivity (Wildman–Crippen MR) is 49.7 cm³/mol. The Kier molecular flexibility index (Phi) is 3.13. The molecule has 0 amide bonds. The van der Waals surface area contributed by atoms with E-state index in [-0.39, 0.29) is 0 Å². The average molecular weight is 153 g/mol. The van der Waals surface area contributed by atoms with E-state index >= 15 is 0 Å². The SMILES string of the molecule is C=C(C)CCC1CCCN1C. The topological polar surface area (TPSA) is 3.24 Å². The summed E-state index contributed by atoms with van der Waals surface area (Å²) in [6.07, 6.45) is 5.29. The third kappa shape index (κ3) is 2.66. The van der Waals surface area contributed by atoms with E-state index in [2.05, 4.69) is 25.5 Å². The van der Waals surface area contributed by atoms with E-state index in [9.17, 15) is 0 Å². The minimum Gasteiger partial charge on any atom is -0.303 e. The lowest BCUT2D eigenvalue weighted by atomic mass is 10.1. The largest absolute Gasteiger partial charge is 0.303 e. The Labute approximate surface area is 70.1 Å². The lowest BCUT2D eigenvalue weighted by molar-refractivity contribution is 0.296. The fraction of sp³-hybridized carbons (Fsp3) is 0.800. The van der Waals surface area contributed by atoms with Crippen molar-refractivity contribution in [1.29, 1.82) is 0 Å². The van der Waals surface area contributed by atoms with Gasteiger partial charge in [-0.05, 0) is 46.2 Å². The third-order valence-corrected chi connectivity index (χ3v) is 2.58. The van der Waals surface area contributed by atoms with Crippen molar-refractivity contribution in [3.05, 3.63) is 12.2 Å². The summed E-state index contributed by atoms with van der Waals surface area (Å²) in [6, 6.07) is 0.840. The smallest absolute Gasteiger partial charge is 0.00957 e. The summed E-state index contributed by atoms with van der Waals surface area (Å²) in [6.45, 7) is 7.34. The number of hydrogen-bond donors (Lipinski definition) is 0. The maximum absolute atomic E-state index is 3.92. The number of allylic oxidation sites excluding steroid dienone is 1. The van der Waals surface area contributed by atoms with Gasteiger partial charge in [-0.15, -0.1) is 6.58 Å². The highest BCUT2D eigenvalue weighted by Gasteiger charge is 2.19. The summed E-state index contributed by atoms with van der Waals surface area (Å²) in [7, 11) is 2.23. The van der Waals surface area contributed by atoms with Crippen LogP contribution < -0.4 is 0 Å². The third-order valence-electron chi connectivity index (χ3n) is 2.58. The molecular formula is C10H19N. The molecule has 1 nitrogen and oxygen atoms in total. The Morgan fingerprint density at radius 1 is 1.64 bits per heavy atom. The number of likely N-dealkylation sites (tertiary alicyclic amines) is 1. The van der Waals surface area contributed by atoms with Gasteiger partial charge in [-0.2, -0.15) is 0 Å². The van der Waals surface area contributed by atoms with Gasteiger partial charge in [0, 0.05) is 6.04 Å². The zero-order valence-corrected chi connectivity index (χ0v) is 7.77. The summed E-state index contributed by atoms with van der Waals surface area (Å²) < 4.78 is 0. The molecule has 1 heterocycles. The molecule has 1 rings (SSSR count). The molecule has 1 saturated heterocycles. The van der Waals surface area contributed by atoms with Crippen molar-refractivity contribution in [2.75, 3.05) is 13.6 Å². The maximum atomic E-state index is 3.92. The predicted octanol–water partition coefficient (Wildman–Crippen LogP) is 2.44. The highest BCUT2D eigenvalue weighted by Crippen LogP contribution is 2.20. The van der Waals surface area contributed by atoms with Crippen LogP contribution in [0.5, 0.6) is 0 Å². The molecule has 11 heavy (non-hydrogen) atoms. The first-order valence-corrected chi connectivity index (χ1v) is 4.55. The van der Waals surface area contributed by atoms with Gasteiger partial charge in [0.25, 0.3) is 0 Å². The first-order valence-electron chi connectivity index (χ1n) is 4.55. The van der Waals surface area contributed by atoms with Crippen molar-refractivity contribution in [2.45, 2.75) is 38.6 Å². The summed E-state index contributed by atoms with van der Waals surface area (Å²) in [5.74, 6) is 0. The molecular weight excluding hydrogens is 134 g/mol. The molecule has 0 aromatic rings. The zero-order valence-electron chi connectivity index (χ0n) is 7.77. The molecule has 0 radical (unpaired) electrons. The Morgan fingerprint density at radius 3 is 2.82 bits per heavy atom. The molecule has 0 aromatic carbocycles. The van der Waals surface area contributed by atoms with Crippen LogP contribution in [-0.4, -0.2) is 24.5 Å². The Balaban J connectivity index is 2.20. The number of hydrogen-bond acceptors (Lipinski definition) is 1. The van der Waals surface area contributed by atoms with Crippen molar-refractivity contribution in [2.24, 2.45) is 0 Å². The molecule has 0 spiro atoms. The highest BCUT2D eigenvalue weighted by atomic mass is 15.1. The van der Waals surface area contributed by atoms with Crippen LogP contribution in [0.3, 0.4) is 0 Å². The molecule has 0 saturated carbocycles. The van der Waals surface area contributed by atoms with Crippen LogP contribution in [0.4, 0.5) is 0 Å². The van der Waals surface area contributed by atoms with Gasteiger partial charge >= 0.3 is 0 Å². The number of rotatable bonds is 3. The van der Waals surface area contributed by atoms with Gasteiger partial charge in [0.2, 0.25) is 0 Å². The lowest BCUT2D eigenvalue weighted by Crippen LogP contribution is -2.24.